The van der Waals surface area contributed by atoms with Gasteiger partial charge >= 0.3 is 11.4 Å². The standard InChI is InChI=1S/C14H13ClN2O3.C6H3Cl2NO2/c15-12-2-1-3-13(14(12)17(19)20)16-11-6-4-10(5-7-11)8-9-18;7-4-2-1-3-5(8)6(4)9(10)11/h1-7,16,18H,8-9H2;1-3H. The summed E-state index contributed by atoms with van der Waals surface area (Å²) < 4.78 is 0. The number of rotatable bonds is 6. The van der Waals surface area contributed by atoms with Crippen molar-refractivity contribution in [1.82, 2.24) is 0 Å². The molecule has 0 aromatic heterocycles. The minimum Gasteiger partial charge on any atom is -0.396 e. The van der Waals surface area contributed by atoms with Crippen molar-refractivity contribution >= 4 is 57.6 Å². The smallest absolute Gasteiger partial charge is 0.311 e. The Morgan fingerprint density at radius 1 is 0.774 bits per heavy atom. The quantitative estimate of drug-likeness (QED) is 0.307. The fourth-order valence-electron chi connectivity index (χ4n) is 2.50. The first-order valence-electron chi connectivity index (χ1n) is 8.72. The number of aliphatic hydroxyl groups excluding tert-OH is 1. The first-order chi connectivity index (χ1) is 14.7. The molecule has 0 atom stereocenters. The molecule has 0 radical (unpaired) electrons. The molecule has 3 aromatic carbocycles. The lowest BCUT2D eigenvalue weighted by atomic mass is 10.1. The maximum atomic E-state index is 11.0. The van der Waals surface area contributed by atoms with E-state index in [2.05, 4.69) is 5.32 Å². The van der Waals surface area contributed by atoms with Crippen molar-refractivity contribution in [3.8, 4) is 0 Å². The fourth-order valence-corrected chi connectivity index (χ4v) is 3.28. The van der Waals surface area contributed by atoms with Crippen LogP contribution in [0.3, 0.4) is 0 Å². The van der Waals surface area contributed by atoms with Crippen LogP contribution < -0.4 is 5.32 Å². The third kappa shape index (κ3) is 6.80. The van der Waals surface area contributed by atoms with Gasteiger partial charge in [-0.05, 0) is 48.4 Å². The van der Waals surface area contributed by atoms with Crippen LogP contribution in [0.1, 0.15) is 5.56 Å². The van der Waals surface area contributed by atoms with E-state index in [9.17, 15) is 20.2 Å². The van der Waals surface area contributed by atoms with Gasteiger partial charge in [-0.2, -0.15) is 0 Å². The minimum absolute atomic E-state index is 0.0579. The van der Waals surface area contributed by atoms with Crippen LogP contribution in [0.2, 0.25) is 15.1 Å². The number of halogens is 3. The van der Waals surface area contributed by atoms with Crippen LogP contribution in [0.15, 0.2) is 60.7 Å². The van der Waals surface area contributed by atoms with Crippen LogP contribution in [0.4, 0.5) is 22.7 Å². The number of nitro groups is 2. The molecule has 0 saturated heterocycles. The third-order valence-corrected chi connectivity index (χ3v) is 4.84. The maximum Gasteiger partial charge on any atom is 0.311 e. The van der Waals surface area contributed by atoms with Gasteiger partial charge in [0.2, 0.25) is 0 Å². The van der Waals surface area contributed by atoms with Gasteiger partial charge in [0.25, 0.3) is 0 Å². The molecule has 0 aliphatic carbocycles. The van der Waals surface area contributed by atoms with E-state index in [0.29, 0.717) is 12.1 Å². The molecule has 31 heavy (non-hydrogen) atoms. The number of nitro benzene ring substituents is 2. The molecule has 0 bridgehead atoms. The highest BCUT2D eigenvalue weighted by atomic mass is 35.5. The molecule has 3 aromatic rings. The Morgan fingerprint density at radius 2 is 1.26 bits per heavy atom. The number of aliphatic hydroxyl groups is 1. The zero-order valence-electron chi connectivity index (χ0n) is 15.8. The summed E-state index contributed by atoms with van der Waals surface area (Å²) >= 11 is 16.8. The van der Waals surface area contributed by atoms with Crippen LogP contribution in [-0.4, -0.2) is 21.6 Å². The van der Waals surface area contributed by atoms with Crippen molar-refractivity contribution in [3.05, 3.63) is 102 Å². The lowest BCUT2D eigenvalue weighted by Crippen LogP contribution is -1.98. The van der Waals surface area contributed by atoms with Crippen molar-refractivity contribution in [1.29, 1.82) is 0 Å². The number of nitrogens with one attached hydrogen (secondary N) is 1. The van der Waals surface area contributed by atoms with Gasteiger partial charge in [0.15, 0.2) is 0 Å². The van der Waals surface area contributed by atoms with E-state index < -0.39 is 9.85 Å². The highest BCUT2D eigenvalue weighted by Gasteiger charge is 2.18. The first-order valence-corrected chi connectivity index (χ1v) is 9.86. The topological polar surface area (TPSA) is 119 Å². The molecule has 0 heterocycles. The summed E-state index contributed by atoms with van der Waals surface area (Å²) in [7, 11) is 0. The number of anilines is 2. The second-order valence-corrected chi connectivity index (χ2v) is 7.24. The average Bonchev–Trinajstić information content (AvgIpc) is 2.69. The van der Waals surface area contributed by atoms with Gasteiger partial charge < -0.3 is 10.4 Å². The predicted molar refractivity (Wildman–Crippen MR) is 122 cm³/mol. The number of para-hydroxylation sites is 2. The molecule has 3 rings (SSSR count). The van der Waals surface area contributed by atoms with Crippen molar-refractivity contribution in [2.45, 2.75) is 6.42 Å². The van der Waals surface area contributed by atoms with E-state index in [1.54, 1.807) is 30.3 Å². The summed E-state index contributed by atoms with van der Waals surface area (Å²) in [4.78, 5) is 20.2. The molecule has 0 aliphatic heterocycles. The molecular weight excluding hydrogens is 469 g/mol. The molecule has 0 fully saturated rings. The second kappa shape index (κ2) is 11.5. The van der Waals surface area contributed by atoms with Crippen molar-refractivity contribution in [3.63, 3.8) is 0 Å². The Morgan fingerprint density at radius 3 is 1.71 bits per heavy atom. The third-order valence-electron chi connectivity index (χ3n) is 3.92. The first kappa shape index (κ1) is 24.4. The molecule has 8 nitrogen and oxygen atoms in total. The summed E-state index contributed by atoms with van der Waals surface area (Å²) in [5.41, 5.74) is 1.68. The SMILES string of the molecule is O=[N+]([O-])c1c(Cl)cccc1Cl.O=[N+]([O-])c1c(Cl)cccc1Nc1ccc(CCO)cc1. The number of hydrogen-bond donors (Lipinski definition) is 2. The van der Waals surface area contributed by atoms with Crippen LogP contribution in [0.5, 0.6) is 0 Å². The molecular formula is C20H16Cl3N3O5. The van der Waals surface area contributed by atoms with Crippen LogP contribution in [0, 0.1) is 20.2 Å². The number of nitrogens with zero attached hydrogens (tertiary/aromatic N) is 2. The Kier molecular flexibility index (Phi) is 9.02. The molecule has 0 spiro atoms. The Bertz CT molecular complexity index is 1060. The van der Waals surface area contributed by atoms with E-state index in [1.807, 2.05) is 12.1 Å². The van der Waals surface area contributed by atoms with E-state index >= 15 is 0 Å². The monoisotopic (exact) mass is 483 g/mol. The summed E-state index contributed by atoms with van der Waals surface area (Å²) in [5, 5.41) is 33.3. The summed E-state index contributed by atoms with van der Waals surface area (Å²) in [5.74, 6) is 0. The van der Waals surface area contributed by atoms with Crippen LogP contribution >= 0.6 is 34.8 Å². The zero-order chi connectivity index (χ0) is 23.0. The number of hydrogen-bond acceptors (Lipinski definition) is 6. The lowest BCUT2D eigenvalue weighted by Gasteiger charge is -2.08. The molecule has 2 N–H and O–H groups in total. The molecule has 0 amide bonds. The molecule has 0 saturated carbocycles. The maximum absolute atomic E-state index is 11.0. The summed E-state index contributed by atoms with van der Waals surface area (Å²) in [6, 6.07) is 16.4. The van der Waals surface area contributed by atoms with E-state index in [0.717, 1.165) is 11.3 Å². The summed E-state index contributed by atoms with van der Waals surface area (Å²) in [6.07, 6.45) is 0.581. The average molecular weight is 485 g/mol. The zero-order valence-corrected chi connectivity index (χ0v) is 18.1. The lowest BCUT2D eigenvalue weighted by molar-refractivity contribution is -0.384. The van der Waals surface area contributed by atoms with Gasteiger partial charge in [0, 0.05) is 12.3 Å². The Hall–Kier alpha value is -2.91. The minimum atomic E-state index is -0.606. The van der Waals surface area contributed by atoms with E-state index in [1.165, 1.54) is 18.2 Å². The van der Waals surface area contributed by atoms with Gasteiger partial charge in [-0.3, -0.25) is 20.2 Å². The van der Waals surface area contributed by atoms with Gasteiger partial charge in [-0.15, -0.1) is 0 Å². The molecule has 0 aliphatic rings. The highest BCUT2D eigenvalue weighted by molar-refractivity contribution is 6.38. The van der Waals surface area contributed by atoms with Crippen molar-refractivity contribution in [2.75, 3.05) is 11.9 Å². The van der Waals surface area contributed by atoms with Crippen molar-refractivity contribution in [2.24, 2.45) is 0 Å². The molecule has 0 unspecified atom stereocenters. The van der Waals surface area contributed by atoms with Crippen LogP contribution in [-0.2, 0) is 6.42 Å². The van der Waals surface area contributed by atoms with Crippen molar-refractivity contribution < 1.29 is 15.0 Å². The second-order valence-electron chi connectivity index (χ2n) is 6.02. The van der Waals surface area contributed by atoms with Gasteiger partial charge in [0.05, 0.1) is 9.85 Å². The highest BCUT2D eigenvalue weighted by Crippen LogP contribution is 2.34. The normalized spacial score (nSPS) is 10.1. The fraction of sp³-hybridized carbons (Fsp3) is 0.100. The Labute approximate surface area is 192 Å². The van der Waals surface area contributed by atoms with E-state index in [4.69, 9.17) is 39.9 Å². The van der Waals surface area contributed by atoms with E-state index in [-0.39, 0.29) is 33.0 Å². The molecule has 11 heteroatoms. The molecule has 162 valence electrons. The Balaban J connectivity index is 0.000000262. The van der Waals surface area contributed by atoms with Gasteiger partial charge in [0.1, 0.15) is 20.8 Å². The van der Waals surface area contributed by atoms with Crippen LogP contribution in [0.25, 0.3) is 0 Å². The predicted octanol–water partition coefficient (Wildman–Crippen LogP) is 6.43. The number of benzene rings is 3. The van der Waals surface area contributed by atoms with Gasteiger partial charge in [-0.1, -0.05) is 59.1 Å². The largest absolute Gasteiger partial charge is 0.396 e. The summed E-state index contributed by atoms with van der Waals surface area (Å²) in [6.45, 7) is 0.0898. The van der Waals surface area contributed by atoms with Gasteiger partial charge in [-0.25, -0.2) is 0 Å².